The van der Waals surface area contributed by atoms with Gasteiger partial charge in [0.2, 0.25) is 5.91 Å². The molecule has 1 unspecified atom stereocenters. The van der Waals surface area contributed by atoms with Crippen LogP contribution in [0.2, 0.25) is 0 Å². The number of carbonyl (C=O) groups is 1. The van der Waals surface area contributed by atoms with Crippen molar-refractivity contribution in [1.29, 1.82) is 0 Å². The van der Waals surface area contributed by atoms with E-state index in [2.05, 4.69) is 4.98 Å². The number of carbonyl (C=O) groups excluding carboxylic acids is 1. The molecule has 3 aromatic heterocycles. The van der Waals surface area contributed by atoms with Crippen LogP contribution in [0, 0.1) is 0 Å². The number of furan rings is 1. The van der Waals surface area contributed by atoms with Crippen molar-refractivity contribution < 1.29 is 13.9 Å². The summed E-state index contributed by atoms with van der Waals surface area (Å²) >= 11 is 3.02. The molecule has 4 heterocycles. The molecule has 1 aromatic carbocycles. The molecular weight excluding hydrogens is 406 g/mol. The first-order valence-electron chi connectivity index (χ1n) is 9.52. The molecule has 1 aliphatic heterocycles. The molecule has 148 valence electrons. The van der Waals surface area contributed by atoms with Crippen molar-refractivity contribution in [1.82, 2.24) is 9.97 Å². The van der Waals surface area contributed by atoms with Crippen LogP contribution in [-0.2, 0) is 16.0 Å². The van der Waals surface area contributed by atoms with Crippen LogP contribution >= 0.6 is 22.7 Å². The number of hydrogen-bond acceptors (Lipinski definition) is 7. The van der Waals surface area contributed by atoms with Crippen LogP contribution < -0.4 is 4.90 Å². The van der Waals surface area contributed by atoms with Gasteiger partial charge in [-0.2, -0.15) is 0 Å². The molecule has 8 heteroatoms. The van der Waals surface area contributed by atoms with Gasteiger partial charge in [0.1, 0.15) is 0 Å². The summed E-state index contributed by atoms with van der Waals surface area (Å²) in [5.41, 5.74) is 1.65. The summed E-state index contributed by atoms with van der Waals surface area (Å²) in [5, 5.41) is 3.41. The molecular formula is C21H19N3O3S2. The second-order valence-corrected chi connectivity index (χ2v) is 8.77. The molecule has 0 radical (unpaired) electrons. The summed E-state index contributed by atoms with van der Waals surface area (Å²) in [5.74, 6) is 0.701. The van der Waals surface area contributed by atoms with Crippen molar-refractivity contribution in [3.05, 3.63) is 53.7 Å². The quantitative estimate of drug-likeness (QED) is 0.445. The van der Waals surface area contributed by atoms with E-state index in [1.165, 1.54) is 22.7 Å². The minimum absolute atomic E-state index is 0.0177. The van der Waals surface area contributed by atoms with Crippen molar-refractivity contribution >= 4 is 43.9 Å². The van der Waals surface area contributed by atoms with E-state index in [-0.39, 0.29) is 18.4 Å². The average molecular weight is 426 g/mol. The average Bonchev–Trinajstić information content (AvgIpc) is 3.53. The van der Waals surface area contributed by atoms with Gasteiger partial charge in [-0.25, -0.2) is 9.97 Å². The Morgan fingerprint density at radius 3 is 2.93 bits per heavy atom. The molecule has 0 N–H and O–H groups in total. The third-order valence-electron chi connectivity index (χ3n) is 4.84. The highest BCUT2D eigenvalue weighted by molar-refractivity contribution is 7.22. The van der Waals surface area contributed by atoms with E-state index in [1.54, 1.807) is 11.2 Å². The lowest BCUT2D eigenvalue weighted by atomic mass is 10.2. The van der Waals surface area contributed by atoms with Gasteiger partial charge >= 0.3 is 0 Å². The molecule has 29 heavy (non-hydrogen) atoms. The number of amides is 1. The zero-order valence-corrected chi connectivity index (χ0v) is 17.2. The van der Waals surface area contributed by atoms with Crippen molar-refractivity contribution in [2.45, 2.75) is 25.4 Å². The van der Waals surface area contributed by atoms with Gasteiger partial charge in [-0.3, -0.25) is 9.69 Å². The Kier molecular flexibility index (Phi) is 5.13. The summed E-state index contributed by atoms with van der Waals surface area (Å²) in [4.78, 5) is 24.3. The Bertz CT molecular complexity index is 1080. The number of thiazole rings is 2. The third kappa shape index (κ3) is 3.96. The van der Waals surface area contributed by atoms with E-state index < -0.39 is 0 Å². The molecule has 0 spiro atoms. The SMILES string of the molecule is O=C(Cc1csc(-c2ccco2)n1)N(CC1CCCO1)c1nc2ccccc2s1. The molecule has 1 amide bonds. The summed E-state index contributed by atoms with van der Waals surface area (Å²) in [6, 6.07) is 11.7. The minimum Gasteiger partial charge on any atom is -0.462 e. The molecule has 1 atom stereocenters. The predicted octanol–water partition coefficient (Wildman–Crippen LogP) is 4.77. The number of hydrogen-bond donors (Lipinski definition) is 0. The summed E-state index contributed by atoms with van der Waals surface area (Å²) in [6.45, 7) is 1.28. The van der Waals surface area contributed by atoms with E-state index in [9.17, 15) is 4.79 Å². The van der Waals surface area contributed by atoms with Crippen LogP contribution in [0.5, 0.6) is 0 Å². The summed E-state index contributed by atoms with van der Waals surface area (Å²) in [7, 11) is 0. The van der Waals surface area contributed by atoms with Crippen LogP contribution in [0.1, 0.15) is 18.5 Å². The Morgan fingerprint density at radius 2 is 2.14 bits per heavy atom. The second kappa shape index (κ2) is 8.06. The molecule has 5 rings (SSSR count). The van der Waals surface area contributed by atoms with E-state index in [0.29, 0.717) is 11.7 Å². The number of fused-ring (bicyclic) bond motifs is 1. The predicted molar refractivity (Wildman–Crippen MR) is 114 cm³/mol. The lowest BCUT2D eigenvalue weighted by Crippen LogP contribution is -2.38. The highest BCUT2D eigenvalue weighted by Gasteiger charge is 2.26. The molecule has 4 aromatic rings. The van der Waals surface area contributed by atoms with E-state index >= 15 is 0 Å². The van der Waals surface area contributed by atoms with Gasteiger partial charge < -0.3 is 9.15 Å². The largest absolute Gasteiger partial charge is 0.462 e. The number of aromatic nitrogens is 2. The Hall–Kier alpha value is -2.55. The topological polar surface area (TPSA) is 68.5 Å². The second-order valence-electron chi connectivity index (χ2n) is 6.90. The standard InChI is InChI=1S/C21H19N3O3S2/c25-19(11-14-13-28-20(22-14)17-7-4-10-27-17)24(12-15-5-3-9-26-15)21-23-16-6-1-2-8-18(16)29-21/h1-2,4,6-8,10,13,15H,3,5,9,11-12H2. The fourth-order valence-electron chi connectivity index (χ4n) is 3.41. The fourth-order valence-corrected chi connectivity index (χ4v) is 5.18. The van der Waals surface area contributed by atoms with Gasteiger partial charge in [-0.15, -0.1) is 11.3 Å². The summed E-state index contributed by atoms with van der Waals surface area (Å²) < 4.78 is 12.3. The molecule has 6 nitrogen and oxygen atoms in total. The maximum absolute atomic E-state index is 13.3. The zero-order chi connectivity index (χ0) is 19.6. The smallest absolute Gasteiger partial charge is 0.234 e. The van der Waals surface area contributed by atoms with Crippen LogP contribution in [-0.4, -0.2) is 35.1 Å². The van der Waals surface area contributed by atoms with Gasteiger partial charge in [-0.1, -0.05) is 23.5 Å². The minimum atomic E-state index is -0.0177. The van der Waals surface area contributed by atoms with Crippen LogP contribution in [0.4, 0.5) is 5.13 Å². The van der Waals surface area contributed by atoms with Crippen LogP contribution in [0.15, 0.2) is 52.5 Å². The van der Waals surface area contributed by atoms with Crippen molar-refractivity contribution in [2.24, 2.45) is 0 Å². The highest BCUT2D eigenvalue weighted by atomic mass is 32.1. The molecule has 1 fully saturated rings. The maximum Gasteiger partial charge on any atom is 0.234 e. The monoisotopic (exact) mass is 425 g/mol. The lowest BCUT2D eigenvalue weighted by molar-refractivity contribution is -0.118. The molecule has 0 bridgehead atoms. The van der Waals surface area contributed by atoms with Crippen molar-refractivity contribution in [3.8, 4) is 10.8 Å². The first-order valence-corrected chi connectivity index (χ1v) is 11.2. The normalized spacial score (nSPS) is 16.5. The number of anilines is 1. The Balaban J connectivity index is 1.39. The van der Waals surface area contributed by atoms with Gasteiger partial charge in [0.15, 0.2) is 15.9 Å². The first-order chi connectivity index (χ1) is 14.3. The van der Waals surface area contributed by atoms with Gasteiger partial charge in [0.25, 0.3) is 0 Å². The van der Waals surface area contributed by atoms with Crippen molar-refractivity contribution in [3.63, 3.8) is 0 Å². The number of rotatable bonds is 6. The Morgan fingerprint density at radius 1 is 1.21 bits per heavy atom. The number of nitrogens with zero attached hydrogens (tertiary/aromatic N) is 3. The van der Waals surface area contributed by atoms with Gasteiger partial charge in [0, 0.05) is 12.0 Å². The number of ether oxygens (including phenoxy) is 1. The molecule has 1 aliphatic rings. The molecule has 1 saturated heterocycles. The molecule has 0 aliphatic carbocycles. The maximum atomic E-state index is 13.3. The third-order valence-corrected chi connectivity index (χ3v) is 6.81. The fraction of sp³-hybridized carbons (Fsp3) is 0.286. The lowest BCUT2D eigenvalue weighted by Gasteiger charge is -2.22. The summed E-state index contributed by atoms with van der Waals surface area (Å²) in [6.07, 6.45) is 3.90. The first kappa shape index (κ1) is 18.5. The van der Waals surface area contributed by atoms with E-state index in [1.807, 2.05) is 41.8 Å². The van der Waals surface area contributed by atoms with Crippen LogP contribution in [0.25, 0.3) is 21.0 Å². The Labute approximate surface area is 175 Å². The number of para-hydroxylation sites is 1. The highest BCUT2D eigenvalue weighted by Crippen LogP contribution is 2.31. The van der Waals surface area contributed by atoms with Crippen molar-refractivity contribution in [2.75, 3.05) is 18.1 Å². The molecule has 0 saturated carbocycles. The van der Waals surface area contributed by atoms with E-state index in [4.69, 9.17) is 14.1 Å². The van der Waals surface area contributed by atoms with E-state index in [0.717, 1.165) is 46.1 Å². The van der Waals surface area contributed by atoms with Crippen LogP contribution in [0.3, 0.4) is 0 Å². The zero-order valence-electron chi connectivity index (χ0n) is 15.6. The van der Waals surface area contributed by atoms with Gasteiger partial charge in [0.05, 0.1) is 41.2 Å². The van der Waals surface area contributed by atoms with Gasteiger partial charge in [-0.05, 0) is 37.1 Å². The number of benzene rings is 1.